The first-order valence-electron chi connectivity index (χ1n) is 19.6. The fourth-order valence-corrected chi connectivity index (χ4v) is 8.87. The van der Waals surface area contributed by atoms with Gasteiger partial charge in [-0.15, -0.1) is 0 Å². The molecule has 0 aliphatic rings. The first kappa shape index (κ1) is 32.4. The molecule has 0 unspecified atom stereocenters. The van der Waals surface area contributed by atoms with E-state index in [-0.39, 0.29) is 0 Å². The Hall–Kier alpha value is -7.82. The van der Waals surface area contributed by atoms with E-state index >= 15 is 0 Å². The van der Waals surface area contributed by atoms with Crippen molar-refractivity contribution in [1.82, 2.24) is 0 Å². The van der Waals surface area contributed by atoms with Crippen LogP contribution in [-0.2, 0) is 0 Å². The summed E-state index contributed by atoms with van der Waals surface area (Å²) in [6.07, 6.45) is 0. The predicted octanol–water partition coefficient (Wildman–Crippen LogP) is 15.9. The van der Waals surface area contributed by atoms with Gasteiger partial charge in [0.1, 0.15) is 27.9 Å². The molecule has 0 aliphatic heterocycles. The molecule has 0 aliphatic carbocycles. The standard InChI is InChI=1S/C54H33NO3/c1-3-14-34(15-4-1)37-18-11-19-39(32-37)55(45-24-12-23-42-41-20-7-9-25-46(41)57-53(42)45)38-30-28-35(29-31-38)40-22-13-27-48-51(40)44-33-49-52(43-21-8-10-26-47(43)56-49)50(54(44)58-48)36-16-5-2-6-17-36/h1-33H. The zero-order valence-corrected chi connectivity index (χ0v) is 31.2. The molecule has 0 saturated heterocycles. The van der Waals surface area contributed by atoms with Crippen molar-refractivity contribution in [1.29, 1.82) is 0 Å². The second kappa shape index (κ2) is 12.9. The topological polar surface area (TPSA) is 42.7 Å². The summed E-state index contributed by atoms with van der Waals surface area (Å²) < 4.78 is 20.0. The van der Waals surface area contributed by atoms with Crippen molar-refractivity contribution in [3.05, 3.63) is 200 Å². The van der Waals surface area contributed by atoms with E-state index in [0.717, 1.165) is 116 Å². The van der Waals surface area contributed by atoms with Crippen molar-refractivity contribution < 1.29 is 13.3 Å². The number of hydrogen-bond donors (Lipinski definition) is 0. The third-order valence-corrected chi connectivity index (χ3v) is 11.5. The number of benzene rings is 9. The van der Waals surface area contributed by atoms with Crippen LogP contribution in [0.4, 0.5) is 17.1 Å². The highest BCUT2D eigenvalue weighted by atomic mass is 16.3. The van der Waals surface area contributed by atoms with E-state index in [2.05, 4.69) is 175 Å². The van der Waals surface area contributed by atoms with Gasteiger partial charge in [-0.3, -0.25) is 0 Å². The van der Waals surface area contributed by atoms with Gasteiger partial charge in [0, 0.05) is 49.3 Å². The van der Waals surface area contributed by atoms with Crippen molar-refractivity contribution in [2.24, 2.45) is 0 Å². The van der Waals surface area contributed by atoms with E-state index in [9.17, 15) is 0 Å². The Balaban J connectivity index is 1.05. The van der Waals surface area contributed by atoms with Gasteiger partial charge in [-0.05, 0) is 82.4 Å². The Kier molecular flexibility index (Phi) is 7.20. The van der Waals surface area contributed by atoms with Crippen molar-refractivity contribution in [3.63, 3.8) is 0 Å². The second-order valence-electron chi connectivity index (χ2n) is 14.8. The summed E-state index contributed by atoms with van der Waals surface area (Å²) in [7, 11) is 0. The summed E-state index contributed by atoms with van der Waals surface area (Å²) in [4.78, 5) is 2.30. The summed E-state index contributed by atoms with van der Waals surface area (Å²) in [6, 6.07) is 70.0. The molecule has 0 atom stereocenters. The summed E-state index contributed by atoms with van der Waals surface area (Å²) in [5.41, 5.74) is 14.7. The maximum atomic E-state index is 6.86. The van der Waals surface area contributed by atoms with Gasteiger partial charge in [0.25, 0.3) is 0 Å². The highest BCUT2D eigenvalue weighted by Gasteiger charge is 2.24. The van der Waals surface area contributed by atoms with E-state index in [1.54, 1.807) is 0 Å². The number of para-hydroxylation sites is 3. The number of nitrogens with zero attached hydrogens (tertiary/aromatic N) is 1. The minimum absolute atomic E-state index is 0.835. The normalized spacial score (nSPS) is 11.8. The predicted molar refractivity (Wildman–Crippen MR) is 239 cm³/mol. The molecule has 0 saturated carbocycles. The van der Waals surface area contributed by atoms with Crippen LogP contribution in [0.15, 0.2) is 213 Å². The van der Waals surface area contributed by atoms with Crippen LogP contribution in [0.5, 0.6) is 0 Å². The van der Waals surface area contributed by atoms with Crippen molar-refractivity contribution in [3.8, 4) is 33.4 Å². The third-order valence-electron chi connectivity index (χ3n) is 11.5. The number of anilines is 3. The Morgan fingerprint density at radius 3 is 1.74 bits per heavy atom. The average Bonchev–Trinajstić information content (AvgIpc) is 3.98. The highest BCUT2D eigenvalue weighted by molar-refractivity contribution is 6.25. The summed E-state index contributed by atoms with van der Waals surface area (Å²) >= 11 is 0. The fraction of sp³-hybridized carbons (Fsp3) is 0. The van der Waals surface area contributed by atoms with E-state index in [0.29, 0.717) is 0 Å². The molecule has 58 heavy (non-hydrogen) atoms. The average molecular weight is 744 g/mol. The van der Waals surface area contributed by atoms with E-state index in [1.807, 2.05) is 30.3 Å². The third kappa shape index (κ3) is 5.02. The molecule has 0 amide bonds. The molecule has 3 aromatic heterocycles. The minimum atomic E-state index is 0.835. The number of hydrogen-bond acceptors (Lipinski definition) is 4. The lowest BCUT2D eigenvalue weighted by Gasteiger charge is -2.26. The molecule has 0 N–H and O–H groups in total. The number of fused-ring (bicyclic) bond motifs is 9. The molecule has 272 valence electrons. The van der Waals surface area contributed by atoms with Crippen LogP contribution >= 0.6 is 0 Å². The van der Waals surface area contributed by atoms with Crippen LogP contribution in [0.25, 0.3) is 99.2 Å². The maximum absolute atomic E-state index is 6.86. The molecular formula is C54H33NO3. The van der Waals surface area contributed by atoms with Crippen LogP contribution in [0, 0.1) is 0 Å². The number of rotatable bonds is 6. The van der Waals surface area contributed by atoms with Gasteiger partial charge in [-0.1, -0.05) is 146 Å². The Labute approximate surface area is 333 Å². The molecule has 9 aromatic carbocycles. The van der Waals surface area contributed by atoms with E-state index in [1.165, 1.54) is 0 Å². The van der Waals surface area contributed by atoms with Crippen molar-refractivity contribution in [2.45, 2.75) is 0 Å². The largest absolute Gasteiger partial charge is 0.456 e. The molecule has 4 nitrogen and oxygen atoms in total. The van der Waals surface area contributed by atoms with Crippen LogP contribution in [0.1, 0.15) is 0 Å². The van der Waals surface area contributed by atoms with Crippen LogP contribution in [0.3, 0.4) is 0 Å². The summed E-state index contributed by atoms with van der Waals surface area (Å²) in [5.74, 6) is 0. The van der Waals surface area contributed by atoms with Crippen molar-refractivity contribution >= 4 is 82.9 Å². The quantitative estimate of drug-likeness (QED) is 0.170. The first-order valence-corrected chi connectivity index (χ1v) is 19.6. The maximum Gasteiger partial charge on any atom is 0.159 e. The highest BCUT2D eigenvalue weighted by Crippen LogP contribution is 2.48. The lowest BCUT2D eigenvalue weighted by molar-refractivity contribution is 0.664. The van der Waals surface area contributed by atoms with Crippen LogP contribution in [-0.4, -0.2) is 0 Å². The smallest absolute Gasteiger partial charge is 0.159 e. The zero-order valence-electron chi connectivity index (χ0n) is 31.2. The summed E-state index contributed by atoms with van der Waals surface area (Å²) in [5, 5.41) is 6.41. The van der Waals surface area contributed by atoms with E-state index in [4.69, 9.17) is 13.3 Å². The fourth-order valence-electron chi connectivity index (χ4n) is 8.87. The SMILES string of the molecule is c1ccc(-c2cccc(N(c3ccc(-c4cccc5oc6c(-c7ccccc7)c7c(cc6c45)oc4ccccc47)cc3)c3cccc4c3oc3ccccc34)c2)cc1. The molecule has 0 fully saturated rings. The van der Waals surface area contributed by atoms with Gasteiger partial charge in [0.15, 0.2) is 5.58 Å². The molecule has 0 bridgehead atoms. The molecule has 4 heteroatoms. The Morgan fingerprint density at radius 2 is 0.931 bits per heavy atom. The van der Waals surface area contributed by atoms with Gasteiger partial charge in [-0.2, -0.15) is 0 Å². The molecule has 0 spiro atoms. The molecule has 12 aromatic rings. The van der Waals surface area contributed by atoms with Crippen LogP contribution in [0.2, 0.25) is 0 Å². The van der Waals surface area contributed by atoms with Gasteiger partial charge in [0.2, 0.25) is 0 Å². The zero-order chi connectivity index (χ0) is 38.2. The summed E-state index contributed by atoms with van der Waals surface area (Å²) in [6.45, 7) is 0. The van der Waals surface area contributed by atoms with Gasteiger partial charge >= 0.3 is 0 Å². The van der Waals surface area contributed by atoms with Gasteiger partial charge in [-0.25, -0.2) is 0 Å². The molecule has 3 heterocycles. The van der Waals surface area contributed by atoms with E-state index < -0.39 is 0 Å². The first-order chi connectivity index (χ1) is 28.8. The van der Waals surface area contributed by atoms with Gasteiger partial charge in [0.05, 0.1) is 5.69 Å². The minimum Gasteiger partial charge on any atom is -0.456 e. The molecular weight excluding hydrogens is 711 g/mol. The molecule has 12 rings (SSSR count). The van der Waals surface area contributed by atoms with Crippen LogP contribution < -0.4 is 4.90 Å². The van der Waals surface area contributed by atoms with Gasteiger partial charge < -0.3 is 18.2 Å². The number of furan rings is 3. The lowest BCUT2D eigenvalue weighted by atomic mass is 9.94. The lowest BCUT2D eigenvalue weighted by Crippen LogP contribution is -2.10. The Morgan fingerprint density at radius 1 is 0.310 bits per heavy atom. The Bertz CT molecular complexity index is 3500. The molecule has 0 radical (unpaired) electrons. The monoisotopic (exact) mass is 743 g/mol. The van der Waals surface area contributed by atoms with Crippen molar-refractivity contribution in [2.75, 3.05) is 4.90 Å². The second-order valence-corrected chi connectivity index (χ2v) is 14.8.